The zero-order chi connectivity index (χ0) is 16.2. The van der Waals surface area contributed by atoms with Crippen molar-refractivity contribution in [3.63, 3.8) is 0 Å². The Morgan fingerprint density at radius 3 is 2.65 bits per heavy atom. The van der Waals surface area contributed by atoms with Crippen LogP contribution in [0.3, 0.4) is 0 Å². The number of hydrogen-bond donors (Lipinski definition) is 1. The highest BCUT2D eigenvalue weighted by atomic mass is 35.5. The van der Waals surface area contributed by atoms with Gasteiger partial charge >= 0.3 is 0 Å². The average molecular weight is 330 g/mol. The van der Waals surface area contributed by atoms with Crippen molar-refractivity contribution in [2.24, 2.45) is 5.92 Å². The zero-order valence-corrected chi connectivity index (χ0v) is 13.8. The number of carbonyl (C=O) groups is 1. The molecule has 0 bridgehead atoms. The second-order valence-corrected chi connectivity index (χ2v) is 6.40. The molecule has 1 fully saturated rings. The minimum atomic E-state index is -0.0987. The molecular weight excluding hydrogens is 310 g/mol. The molecule has 1 atom stereocenters. The van der Waals surface area contributed by atoms with Crippen LogP contribution in [0.5, 0.6) is 5.75 Å². The van der Waals surface area contributed by atoms with E-state index in [0.29, 0.717) is 16.7 Å². The van der Waals surface area contributed by atoms with Crippen molar-refractivity contribution < 1.29 is 9.53 Å². The Kier molecular flexibility index (Phi) is 4.87. The average Bonchev–Trinajstić information content (AvgIpc) is 3.39. The number of ether oxygens (including phenoxy) is 1. The molecule has 2 aromatic carbocycles. The third kappa shape index (κ3) is 4.26. The molecular formula is C19H20ClNO2. The summed E-state index contributed by atoms with van der Waals surface area (Å²) in [5.74, 6) is 1.10. The molecule has 120 valence electrons. The Bertz CT molecular complexity index is 683. The van der Waals surface area contributed by atoms with Crippen LogP contribution in [0, 0.1) is 12.8 Å². The van der Waals surface area contributed by atoms with Gasteiger partial charge in [0.25, 0.3) is 5.91 Å². The number of rotatable bonds is 6. The number of carbonyl (C=O) groups excluding carboxylic acids is 1. The summed E-state index contributed by atoms with van der Waals surface area (Å²) >= 11 is 5.99. The maximum absolute atomic E-state index is 12.2. The number of amides is 1. The molecule has 1 amide bonds. The summed E-state index contributed by atoms with van der Waals surface area (Å²) in [7, 11) is 0. The first-order valence-electron chi connectivity index (χ1n) is 7.87. The zero-order valence-electron chi connectivity index (χ0n) is 13.1. The third-order valence-corrected chi connectivity index (χ3v) is 4.49. The van der Waals surface area contributed by atoms with E-state index in [-0.39, 0.29) is 18.6 Å². The maximum Gasteiger partial charge on any atom is 0.258 e. The normalized spacial score (nSPS) is 15.0. The van der Waals surface area contributed by atoms with Crippen LogP contribution in [0.2, 0.25) is 5.02 Å². The highest BCUT2D eigenvalue weighted by Gasteiger charge is 2.33. The number of halogens is 1. The lowest BCUT2D eigenvalue weighted by Gasteiger charge is -2.19. The molecule has 1 saturated carbocycles. The molecule has 0 unspecified atom stereocenters. The van der Waals surface area contributed by atoms with Gasteiger partial charge in [-0.3, -0.25) is 4.79 Å². The first-order chi connectivity index (χ1) is 11.1. The number of aryl methyl sites for hydroxylation is 1. The second-order valence-electron chi connectivity index (χ2n) is 5.99. The fraction of sp³-hybridized carbons (Fsp3) is 0.316. The molecule has 0 saturated heterocycles. The Balaban J connectivity index is 1.58. The number of hydrogen-bond acceptors (Lipinski definition) is 2. The van der Waals surface area contributed by atoms with E-state index in [2.05, 4.69) is 17.4 Å². The van der Waals surface area contributed by atoms with Crippen LogP contribution >= 0.6 is 11.6 Å². The number of nitrogens with one attached hydrogen (secondary N) is 1. The largest absolute Gasteiger partial charge is 0.484 e. The molecule has 0 aliphatic heterocycles. The van der Waals surface area contributed by atoms with Gasteiger partial charge in [0.2, 0.25) is 0 Å². The van der Waals surface area contributed by atoms with Crippen molar-refractivity contribution in [1.29, 1.82) is 0 Å². The van der Waals surface area contributed by atoms with Crippen LogP contribution in [0.4, 0.5) is 0 Å². The third-order valence-electron chi connectivity index (χ3n) is 4.07. The van der Waals surface area contributed by atoms with E-state index in [1.807, 2.05) is 31.2 Å². The van der Waals surface area contributed by atoms with Crippen molar-refractivity contribution in [2.45, 2.75) is 25.8 Å². The molecule has 3 rings (SSSR count). The quantitative estimate of drug-likeness (QED) is 0.858. The smallest absolute Gasteiger partial charge is 0.258 e. The van der Waals surface area contributed by atoms with Gasteiger partial charge in [0.1, 0.15) is 5.75 Å². The maximum atomic E-state index is 12.2. The summed E-state index contributed by atoms with van der Waals surface area (Å²) < 4.78 is 5.57. The SMILES string of the molecule is Cc1cc(OCC(=O)N[C@H](c2ccccc2)C2CC2)ccc1Cl. The summed E-state index contributed by atoms with van der Waals surface area (Å²) in [6.45, 7) is 1.92. The van der Waals surface area contributed by atoms with Gasteiger partial charge in [-0.05, 0) is 55.0 Å². The van der Waals surface area contributed by atoms with E-state index in [1.165, 1.54) is 0 Å². The fourth-order valence-corrected chi connectivity index (χ4v) is 2.75. The van der Waals surface area contributed by atoms with Crippen molar-refractivity contribution in [3.8, 4) is 5.75 Å². The Morgan fingerprint density at radius 1 is 1.26 bits per heavy atom. The van der Waals surface area contributed by atoms with E-state index in [1.54, 1.807) is 12.1 Å². The molecule has 1 aliphatic rings. The monoisotopic (exact) mass is 329 g/mol. The molecule has 1 N–H and O–H groups in total. The highest BCUT2D eigenvalue weighted by Crippen LogP contribution is 2.40. The lowest BCUT2D eigenvalue weighted by molar-refractivity contribution is -0.124. The van der Waals surface area contributed by atoms with Crippen molar-refractivity contribution in [3.05, 3.63) is 64.7 Å². The van der Waals surface area contributed by atoms with Crippen LogP contribution < -0.4 is 10.1 Å². The Morgan fingerprint density at radius 2 is 2.00 bits per heavy atom. The molecule has 0 heterocycles. The van der Waals surface area contributed by atoms with Crippen molar-refractivity contribution >= 4 is 17.5 Å². The van der Waals surface area contributed by atoms with Crippen LogP contribution in [0.15, 0.2) is 48.5 Å². The van der Waals surface area contributed by atoms with Crippen LogP contribution in [0.25, 0.3) is 0 Å². The van der Waals surface area contributed by atoms with E-state index in [4.69, 9.17) is 16.3 Å². The Labute approximate surface area is 141 Å². The first-order valence-corrected chi connectivity index (χ1v) is 8.24. The lowest BCUT2D eigenvalue weighted by atomic mass is 10.0. The van der Waals surface area contributed by atoms with E-state index in [9.17, 15) is 4.79 Å². The minimum absolute atomic E-state index is 0.0110. The van der Waals surface area contributed by atoms with Crippen molar-refractivity contribution in [2.75, 3.05) is 6.61 Å². The summed E-state index contributed by atoms with van der Waals surface area (Å²) in [6, 6.07) is 15.6. The van der Waals surface area contributed by atoms with Gasteiger partial charge in [-0.15, -0.1) is 0 Å². The minimum Gasteiger partial charge on any atom is -0.484 e. The molecule has 3 nitrogen and oxygen atoms in total. The molecule has 1 aliphatic carbocycles. The predicted molar refractivity (Wildman–Crippen MR) is 91.7 cm³/mol. The van der Waals surface area contributed by atoms with E-state index in [0.717, 1.165) is 24.0 Å². The Hall–Kier alpha value is -2.00. The molecule has 23 heavy (non-hydrogen) atoms. The molecule has 0 aromatic heterocycles. The van der Waals surface area contributed by atoms with Gasteiger partial charge in [-0.1, -0.05) is 41.9 Å². The van der Waals surface area contributed by atoms with Gasteiger partial charge in [0, 0.05) is 5.02 Å². The molecule has 4 heteroatoms. The van der Waals surface area contributed by atoms with Crippen LogP contribution in [-0.4, -0.2) is 12.5 Å². The van der Waals surface area contributed by atoms with E-state index >= 15 is 0 Å². The van der Waals surface area contributed by atoms with Gasteiger partial charge < -0.3 is 10.1 Å². The molecule has 0 spiro atoms. The summed E-state index contributed by atoms with van der Waals surface area (Å²) in [6.07, 6.45) is 2.33. The summed E-state index contributed by atoms with van der Waals surface area (Å²) in [4.78, 5) is 12.2. The summed E-state index contributed by atoms with van der Waals surface area (Å²) in [5.41, 5.74) is 2.09. The van der Waals surface area contributed by atoms with Crippen molar-refractivity contribution in [1.82, 2.24) is 5.32 Å². The van der Waals surface area contributed by atoms with Gasteiger partial charge in [-0.2, -0.15) is 0 Å². The van der Waals surface area contributed by atoms with Crippen LogP contribution in [0.1, 0.15) is 30.0 Å². The van der Waals surface area contributed by atoms with Gasteiger partial charge in [0.05, 0.1) is 6.04 Å². The topological polar surface area (TPSA) is 38.3 Å². The van der Waals surface area contributed by atoms with Gasteiger partial charge in [0.15, 0.2) is 6.61 Å². The second kappa shape index (κ2) is 7.05. The standard InChI is InChI=1S/C19H20ClNO2/c1-13-11-16(9-10-17(13)20)23-12-18(22)21-19(15-7-8-15)14-5-3-2-4-6-14/h2-6,9-11,15,19H,7-8,12H2,1H3,(H,21,22)/t19-/m1/s1. The highest BCUT2D eigenvalue weighted by molar-refractivity contribution is 6.31. The number of benzene rings is 2. The lowest BCUT2D eigenvalue weighted by Crippen LogP contribution is -2.33. The first kappa shape index (κ1) is 15.9. The van der Waals surface area contributed by atoms with Gasteiger partial charge in [-0.25, -0.2) is 0 Å². The summed E-state index contributed by atoms with van der Waals surface area (Å²) in [5, 5.41) is 3.80. The predicted octanol–water partition coefficient (Wildman–Crippen LogP) is 4.29. The fourth-order valence-electron chi connectivity index (χ4n) is 2.63. The molecule has 0 radical (unpaired) electrons. The van der Waals surface area contributed by atoms with Crippen LogP contribution in [-0.2, 0) is 4.79 Å². The van der Waals surface area contributed by atoms with E-state index < -0.39 is 0 Å². The molecule has 2 aromatic rings.